The maximum atomic E-state index is 13.2. The number of aromatic nitrogens is 6. The standard InChI is InChI=1S/C27H28F3N3S2.C24H17N3O6.Ru/c1-5-6-7-8-9-17-10-11-34-25(17)18-12-20(19-14-24(35-16-19)26(2,3)4)31-21(13-18)22-15-23(33-32-22)27(28,29)30;28-15-31-8-3-18-1-6-25-21(11-18)23-13-20(5-10-33-17-30)14-24(27-23)22-12-19(2-7-26-22)4-9-32-16-29;/h10-15H,5-9H2,1-4H3;1-17H;/q-2;;+2/b;8-3+,9-4+,10-5+;. The Hall–Kier alpha value is -6.75. The summed E-state index contributed by atoms with van der Waals surface area (Å²) in [6, 6.07) is 19.6. The first-order valence-corrected chi connectivity index (χ1v) is 22.9. The van der Waals surface area contributed by atoms with Gasteiger partial charge in [0.1, 0.15) is 5.69 Å². The zero-order valence-corrected chi connectivity index (χ0v) is 41.1. The molecule has 0 fully saturated rings. The number of ether oxygens (including phenoxy) is 3. The third kappa shape index (κ3) is 15.4. The van der Waals surface area contributed by atoms with E-state index in [1.165, 1.54) is 48.5 Å². The van der Waals surface area contributed by atoms with Gasteiger partial charge in [0.05, 0.1) is 41.6 Å². The fourth-order valence-corrected chi connectivity index (χ4v) is 8.37. The molecule has 7 heterocycles. The minimum Gasteiger partial charge on any atom is -0.573 e. The zero-order valence-electron chi connectivity index (χ0n) is 37.8. The summed E-state index contributed by atoms with van der Waals surface area (Å²) in [6.07, 6.45) is 12.9. The van der Waals surface area contributed by atoms with E-state index in [0.717, 1.165) is 46.0 Å². The van der Waals surface area contributed by atoms with Crippen LogP contribution in [-0.4, -0.2) is 44.5 Å². The van der Waals surface area contributed by atoms with Gasteiger partial charge in [0.15, 0.2) is 0 Å². The first-order chi connectivity index (χ1) is 32.8. The molecule has 0 amide bonds. The Morgan fingerprint density at radius 1 is 0.681 bits per heavy atom. The number of pyridine rings is 4. The molecule has 0 aromatic carbocycles. The number of hydrogen-bond acceptors (Lipinski definition) is 13. The molecule has 69 heavy (non-hydrogen) atoms. The second-order valence-corrected chi connectivity index (χ2v) is 17.7. The summed E-state index contributed by atoms with van der Waals surface area (Å²) in [7, 11) is 0. The zero-order chi connectivity index (χ0) is 48.5. The molecule has 7 aromatic heterocycles. The Balaban J connectivity index is 0.000000254. The second-order valence-electron chi connectivity index (χ2n) is 15.9. The number of nitrogens with zero attached hydrogens (tertiary/aromatic N) is 6. The smallest absolute Gasteiger partial charge is 0.573 e. The van der Waals surface area contributed by atoms with Crippen molar-refractivity contribution in [3.05, 3.63) is 141 Å². The van der Waals surface area contributed by atoms with E-state index in [9.17, 15) is 27.6 Å². The average Bonchev–Trinajstić information content (AvgIpc) is 4.14. The van der Waals surface area contributed by atoms with Crippen molar-refractivity contribution in [1.82, 2.24) is 30.1 Å². The van der Waals surface area contributed by atoms with Gasteiger partial charge in [-0.1, -0.05) is 64.1 Å². The Morgan fingerprint density at radius 3 is 1.78 bits per heavy atom. The van der Waals surface area contributed by atoms with Crippen molar-refractivity contribution in [2.75, 3.05) is 0 Å². The summed E-state index contributed by atoms with van der Waals surface area (Å²) >= 11 is 3.19. The van der Waals surface area contributed by atoms with Gasteiger partial charge in [-0.25, -0.2) is 4.98 Å². The number of carbonyl (C=O) groups is 3. The van der Waals surface area contributed by atoms with Gasteiger partial charge in [-0.15, -0.1) is 21.8 Å². The Morgan fingerprint density at radius 2 is 1.25 bits per heavy atom. The molecule has 18 heteroatoms. The Kier molecular flexibility index (Phi) is 19.7. The minimum atomic E-state index is -4.55. The molecule has 0 saturated carbocycles. The maximum Gasteiger partial charge on any atom is 2.00 e. The van der Waals surface area contributed by atoms with Crippen LogP contribution >= 0.6 is 22.7 Å². The fourth-order valence-electron chi connectivity index (χ4n) is 6.55. The van der Waals surface area contributed by atoms with Crippen LogP contribution in [0.15, 0.2) is 103 Å². The number of rotatable bonds is 19. The molecule has 0 aliphatic rings. The summed E-state index contributed by atoms with van der Waals surface area (Å²) in [5.74, 6) is 0. The topological polar surface area (TPSA) is 157 Å². The van der Waals surface area contributed by atoms with Crippen LogP contribution in [0.2, 0.25) is 0 Å². The summed E-state index contributed by atoms with van der Waals surface area (Å²) in [5.41, 5.74) is 7.53. The third-order valence-electron chi connectivity index (χ3n) is 9.91. The van der Waals surface area contributed by atoms with Gasteiger partial charge in [0, 0.05) is 23.0 Å². The molecule has 0 spiro atoms. The van der Waals surface area contributed by atoms with Crippen molar-refractivity contribution in [2.24, 2.45) is 0 Å². The van der Waals surface area contributed by atoms with Crippen molar-refractivity contribution in [1.29, 1.82) is 0 Å². The van der Waals surface area contributed by atoms with Gasteiger partial charge in [-0.2, -0.15) is 19.2 Å². The molecule has 0 aliphatic carbocycles. The third-order valence-corrected chi connectivity index (χ3v) is 12.2. The van der Waals surface area contributed by atoms with E-state index < -0.39 is 11.9 Å². The van der Waals surface area contributed by atoms with Crippen LogP contribution in [0, 0.1) is 5.38 Å². The van der Waals surface area contributed by atoms with Crippen LogP contribution in [0.3, 0.4) is 0 Å². The number of carbonyl (C=O) groups excluding carboxylic acids is 3. The first kappa shape index (κ1) is 53.2. The average molecular weight is 1060 g/mol. The molecule has 0 aliphatic heterocycles. The predicted octanol–water partition coefficient (Wildman–Crippen LogP) is 12.4. The summed E-state index contributed by atoms with van der Waals surface area (Å²) in [5, 5.41) is 12.6. The van der Waals surface area contributed by atoms with Gasteiger partial charge >= 0.3 is 25.7 Å². The number of aryl methyl sites for hydroxylation is 1. The number of hydrogen-bond donors (Lipinski definition) is 0. The van der Waals surface area contributed by atoms with E-state index in [1.807, 2.05) is 12.1 Å². The van der Waals surface area contributed by atoms with E-state index in [1.54, 1.807) is 89.7 Å². The van der Waals surface area contributed by atoms with Gasteiger partial charge in [0.2, 0.25) is 0 Å². The molecular formula is C51H45F3N6O6RuS2. The molecule has 0 radical (unpaired) electrons. The van der Waals surface area contributed by atoms with Crippen LogP contribution in [0.1, 0.15) is 86.2 Å². The van der Waals surface area contributed by atoms with Crippen LogP contribution < -0.4 is 5.10 Å². The number of thiophene rings is 2. The van der Waals surface area contributed by atoms with Crippen molar-refractivity contribution in [2.45, 2.75) is 71.4 Å². The van der Waals surface area contributed by atoms with E-state index >= 15 is 0 Å². The van der Waals surface area contributed by atoms with Crippen molar-refractivity contribution < 1.29 is 61.2 Å². The van der Waals surface area contributed by atoms with E-state index in [-0.39, 0.29) is 30.6 Å². The van der Waals surface area contributed by atoms with E-state index in [0.29, 0.717) is 59.1 Å². The van der Waals surface area contributed by atoms with Crippen LogP contribution in [0.5, 0.6) is 0 Å². The molecule has 12 nitrogen and oxygen atoms in total. The predicted molar refractivity (Wildman–Crippen MR) is 257 cm³/mol. The quantitative estimate of drug-likeness (QED) is 0.0189. The van der Waals surface area contributed by atoms with Gasteiger partial charge < -0.3 is 24.4 Å². The monoisotopic (exact) mass is 1060 g/mol. The van der Waals surface area contributed by atoms with E-state index in [2.05, 4.69) is 89.9 Å². The van der Waals surface area contributed by atoms with Gasteiger partial charge in [-0.3, -0.25) is 40.7 Å². The molecule has 0 atom stereocenters. The summed E-state index contributed by atoms with van der Waals surface area (Å²) < 4.78 is 53.4. The SMILES string of the molecule is CCCCCCc1ccsc1-c1cc(-c2[c-]sc(C(C)(C)C)c2)nc(-c2cc(C(F)(F)F)n[n-]2)c1.O=CO/C=C/c1ccnc(-c2cc(/C=C/OC=O)cc(-c3cc(/C=C/OC=O)ccn3)n2)c1.[Ru+2]. The molecule has 0 unspecified atom stereocenters. The number of halogens is 3. The minimum absolute atomic E-state index is 0. The molecular weight excluding hydrogens is 1010 g/mol. The molecule has 0 bridgehead atoms. The Bertz CT molecular complexity index is 2750. The molecule has 0 saturated heterocycles. The van der Waals surface area contributed by atoms with Gasteiger partial charge in [-0.05, 0) is 130 Å². The van der Waals surface area contributed by atoms with Crippen molar-refractivity contribution in [3.63, 3.8) is 0 Å². The molecule has 0 N–H and O–H groups in total. The van der Waals surface area contributed by atoms with Crippen molar-refractivity contribution in [3.8, 4) is 55.9 Å². The number of alkyl halides is 3. The molecule has 7 aromatic rings. The summed E-state index contributed by atoms with van der Waals surface area (Å²) in [4.78, 5) is 51.6. The normalized spacial score (nSPS) is 11.6. The van der Waals surface area contributed by atoms with E-state index in [4.69, 9.17) is 4.98 Å². The van der Waals surface area contributed by atoms with Gasteiger partial charge in [0.25, 0.3) is 19.4 Å². The van der Waals surface area contributed by atoms with Crippen LogP contribution in [0.25, 0.3) is 74.1 Å². The summed E-state index contributed by atoms with van der Waals surface area (Å²) in [6.45, 7) is 9.58. The van der Waals surface area contributed by atoms with Crippen LogP contribution in [0.4, 0.5) is 13.2 Å². The first-order valence-electron chi connectivity index (χ1n) is 21.2. The molecule has 356 valence electrons. The van der Waals surface area contributed by atoms with Crippen molar-refractivity contribution >= 4 is 60.3 Å². The number of unbranched alkanes of at least 4 members (excludes halogenated alkanes) is 3. The Labute approximate surface area is 418 Å². The maximum absolute atomic E-state index is 13.2. The second kappa shape index (κ2) is 25.6. The largest absolute Gasteiger partial charge is 2.00 e. The fraction of sp³-hybridized carbons (Fsp3) is 0.216. The molecule has 7 rings (SSSR count). The van der Waals surface area contributed by atoms with Crippen LogP contribution in [-0.2, 0) is 66.1 Å².